The summed E-state index contributed by atoms with van der Waals surface area (Å²) in [4.78, 5) is 0. The molecule has 1 aliphatic heterocycles. The number of rotatable bonds is 2. The predicted octanol–water partition coefficient (Wildman–Crippen LogP) is 4.37. The maximum atomic E-state index is 5.91. The molecule has 18 heavy (non-hydrogen) atoms. The highest BCUT2D eigenvalue weighted by molar-refractivity contribution is 5.88. The van der Waals surface area contributed by atoms with Crippen LogP contribution in [0.2, 0.25) is 0 Å². The Bertz CT molecular complexity index is 489. The summed E-state index contributed by atoms with van der Waals surface area (Å²) >= 11 is 0. The van der Waals surface area contributed by atoms with Gasteiger partial charge in [0.2, 0.25) is 0 Å². The minimum atomic E-state index is 0.820. The lowest BCUT2D eigenvalue weighted by molar-refractivity contribution is 0.262. The summed E-state index contributed by atoms with van der Waals surface area (Å²) < 4.78 is 5.91. The van der Waals surface area contributed by atoms with Crippen LogP contribution in [0, 0.1) is 0 Å². The molecule has 0 aromatic heterocycles. The van der Waals surface area contributed by atoms with Gasteiger partial charge in [-0.3, -0.25) is 0 Å². The number of hydrogen-bond donors (Lipinski definition) is 0. The molecule has 3 rings (SSSR count). The van der Waals surface area contributed by atoms with Gasteiger partial charge in [0.15, 0.2) is 0 Å². The summed E-state index contributed by atoms with van der Waals surface area (Å²) in [6, 6.07) is 20.9. The predicted molar refractivity (Wildman–Crippen MR) is 74.9 cm³/mol. The van der Waals surface area contributed by atoms with Gasteiger partial charge in [-0.15, -0.1) is 0 Å². The highest BCUT2D eigenvalue weighted by Gasteiger charge is 2.16. The van der Waals surface area contributed by atoms with Gasteiger partial charge in [-0.05, 0) is 18.4 Å². The van der Waals surface area contributed by atoms with Crippen LogP contribution < -0.4 is 0 Å². The Balaban J connectivity index is 2.10. The van der Waals surface area contributed by atoms with Gasteiger partial charge < -0.3 is 4.74 Å². The van der Waals surface area contributed by atoms with Crippen LogP contribution in [-0.4, -0.2) is 6.61 Å². The molecule has 0 amide bonds. The normalized spacial score (nSPS) is 15.3. The number of ether oxygens (including phenoxy) is 1. The summed E-state index contributed by atoms with van der Waals surface area (Å²) in [6.07, 6.45) is 2.19. The van der Waals surface area contributed by atoms with Crippen LogP contribution in [0.5, 0.6) is 0 Å². The van der Waals surface area contributed by atoms with E-state index in [1.54, 1.807) is 0 Å². The van der Waals surface area contributed by atoms with E-state index >= 15 is 0 Å². The van der Waals surface area contributed by atoms with Crippen LogP contribution >= 0.6 is 0 Å². The van der Waals surface area contributed by atoms with E-state index in [1.807, 2.05) is 6.07 Å². The van der Waals surface area contributed by atoms with E-state index in [-0.39, 0.29) is 0 Å². The Hall–Kier alpha value is -2.02. The van der Waals surface area contributed by atoms with Crippen LogP contribution in [-0.2, 0) is 4.74 Å². The van der Waals surface area contributed by atoms with Gasteiger partial charge >= 0.3 is 0 Å². The van der Waals surface area contributed by atoms with Gasteiger partial charge in [0.25, 0.3) is 0 Å². The Morgan fingerprint density at radius 1 is 0.722 bits per heavy atom. The Kier molecular flexibility index (Phi) is 3.14. The fraction of sp³-hybridized carbons (Fsp3) is 0.176. The van der Waals surface area contributed by atoms with Crippen LogP contribution in [0.1, 0.15) is 24.0 Å². The van der Waals surface area contributed by atoms with Gasteiger partial charge in [-0.2, -0.15) is 0 Å². The van der Waals surface area contributed by atoms with Crippen molar-refractivity contribution in [1.82, 2.24) is 0 Å². The number of allylic oxidation sites excluding steroid dienone is 1. The van der Waals surface area contributed by atoms with Crippen molar-refractivity contribution in [3.63, 3.8) is 0 Å². The van der Waals surface area contributed by atoms with Crippen LogP contribution in [0.4, 0.5) is 0 Å². The lowest BCUT2D eigenvalue weighted by Crippen LogP contribution is -2.05. The van der Waals surface area contributed by atoms with E-state index in [0.29, 0.717) is 0 Å². The zero-order chi connectivity index (χ0) is 12.2. The van der Waals surface area contributed by atoms with Gasteiger partial charge in [-0.25, -0.2) is 0 Å². The average Bonchev–Trinajstić information content (AvgIpc) is 2.49. The van der Waals surface area contributed by atoms with E-state index in [9.17, 15) is 0 Å². The Labute approximate surface area is 108 Å². The van der Waals surface area contributed by atoms with Gasteiger partial charge in [-0.1, -0.05) is 60.7 Å². The number of hydrogen-bond acceptors (Lipinski definition) is 1. The average molecular weight is 236 g/mol. The van der Waals surface area contributed by atoms with Crippen molar-refractivity contribution in [3.8, 4) is 0 Å². The molecule has 0 bridgehead atoms. The van der Waals surface area contributed by atoms with Crippen LogP contribution in [0.25, 0.3) is 11.3 Å². The summed E-state index contributed by atoms with van der Waals surface area (Å²) in [7, 11) is 0. The minimum absolute atomic E-state index is 0.820. The quantitative estimate of drug-likeness (QED) is 0.752. The third-order valence-electron chi connectivity index (χ3n) is 3.25. The summed E-state index contributed by atoms with van der Waals surface area (Å²) in [5.41, 5.74) is 3.78. The summed E-state index contributed by atoms with van der Waals surface area (Å²) in [6.45, 7) is 0.820. The molecule has 0 aliphatic carbocycles. The molecule has 1 aliphatic rings. The largest absolute Gasteiger partial charge is 0.493 e. The lowest BCUT2D eigenvalue weighted by atomic mass is 9.95. The number of benzene rings is 2. The summed E-state index contributed by atoms with van der Waals surface area (Å²) in [5, 5.41) is 0. The van der Waals surface area contributed by atoms with Crippen molar-refractivity contribution in [2.75, 3.05) is 6.61 Å². The van der Waals surface area contributed by atoms with Gasteiger partial charge in [0, 0.05) is 11.1 Å². The van der Waals surface area contributed by atoms with E-state index in [2.05, 4.69) is 54.6 Å². The standard InChI is InChI=1S/C17H16O/c1-3-8-14(9-4-1)16-12-7-13-18-17(16)15-10-5-2-6-11-15/h1-6,8-11H,7,12-13H2. The van der Waals surface area contributed by atoms with Crippen LogP contribution in [0.15, 0.2) is 60.7 Å². The maximum Gasteiger partial charge on any atom is 0.130 e. The fourth-order valence-corrected chi connectivity index (χ4v) is 2.39. The SMILES string of the molecule is c1ccc(C2=C(c3ccccc3)OCCC2)cc1. The molecule has 0 atom stereocenters. The van der Waals surface area contributed by atoms with E-state index < -0.39 is 0 Å². The second-order valence-corrected chi connectivity index (χ2v) is 4.49. The molecule has 2 aromatic carbocycles. The highest BCUT2D eigenvalue weighted by atomic mass is 16.5. The van der Waals surface area contributed by atoms with Crippen molar-refractivity contribution < 1.29 is 4.74 Å². The van der Waals surface area contributed by atoms with E-state index in [1.165, 1.54) is 16.7 Å². The molecule has 0 saturated carbocycles. The van der Waals surface area contributed by atoms with Crippen molar-refractivity contribution in [2.45, 2.75) is 12.8 Å². The first-order chi connectivity index (χ1) is 8.95. The minimum Gasteiger partial charge on any atom is -0.493 e. The molecule has 2 aromatic rings. The molecule has 0 unspecified atom stereocenters. The zero-order valence-corrected chi connectivity index (χ0v) is 10.3. The molecular weight excluding hydrogens is 220 g/mol. The van der Waals surface area contributed by atoms with Crippen molar-refractivity contribution in [3.05, 3.63) is 71.8 Å². The molecule has 0 radical (unpaired) electrons. The first-order valence-electron chi connectivity index (χ1n) is 6.42. The third kappa shape index (κ3) is 2.17. The smallest absolute Gasteiger partial charge is 0.130 e. The van der Waals surface area contributed by atoms with E-state index in [0.717, 1.165) is 25.2 Å². The summed E-state index contributed by atoms with van der Waals surface area (Å²) in [5.74, 6) is 1.05. The molecule has 0 spiro atoms. The second kappa shape index (κ2) is 5.09. The molecular formula is C17H16O. The maximum absolute atomic E-state index is 5.91. The zero-order valence-electron chi connectivity index (χ0n) is 10.3. The molecule has 1 heterocycles. The molecule has 0 N–H and O–H groups in total. The second-order valence-electron chi connectivity index (χ2n) is 4.49. The van der Waals surface area contributed by atoms with Crippen molar-refractivity contribution >= 4 is 11.3 Å². The van der Waals surface area contributed by atoms with Crippen LogP contribution in [0.3, 0.4) is 0 Å². The highest BCUT2D eigenvalue weighted by Crippen LogP contribution is 2.34. The molecule has 90 valence electrons. The molecule has 1 heteroatoms. The Morgan fingerprint density at radius 3 is 2.00 bits per heavy atom. The van der Waals surface area contributed by atoms with Crippen molar-refractivity contribution in [1.29, 1.82) is 0 Å². The first kappa shape index (κ1) is 11.1. The topological polar surface area (TPSA) is 9.23 Å². The molecule has 0 saturated heterocycles. The van der Waals surface area contributed by atoms with Gasteiger partial charge in [0.1, 0.15) is 5.76 Å². The first-order valence-corrected chi connectivity index (χ1v) is 6.42. The van der Waals surface area contributed by atoms with E-state index in [4.69, 9.17) is 4.74 Å². The molecule has 0 fully saturated rings. The van der Waals surface area contributed by atoms with Gasteiger partial charge in [0.05, 0.1) is 6.61 Å². The third-order valence-corrected chi connectivity index (χ3v) is 3.25. The Morgan fingerprint density at radius 2 is 1.33 bits per heavy atom. The monoisotopic (exact) mass is 236 g/mol. The van der Waals surface area contributed by atoms with Crippen molar-refractivity contribution in [2.24, 2.45) is 0 Å². The fourth-order valence-electron chi connectivity index (χ4n) is 2.39. The molecule has 1 nitrogen and oxygen atoms in total. The lowest BCUT2D eigenvalue weighted by Gasteiger charge is -2.22.